The highest BCUT2D eigenvalue weighted by molar-refractivity contribution is 7.14. The summed E-state index contributed by atoms with van der Waals surface area (Å²) in [7, 11) is 0. The summed E-state index contributed by atoms with van der Waals surface area (Å²) < 4.78 is 5.16. The second kappa shape index (κ2) is 8.70. The predicted octanol–water partition coefficient (Wildman–Crippen LogP) is -0.230. The van der Waals surface area contributed by atoms with Crippen LogP contribution in [-0.2, 0) is 24.0 Å². The third-order valence-electron chi connectivity index (χ3n) is 4.53. The van der Waals surface area contributed by atoms with Gasteiger partial charge in [0.2, 0.25) is 11.5 Å². The summed E-state index contributed by atoms with van der Waals surface area (Å²) in [5.41, 5.74) is 3.01. The van der Waals surface area contributed by atoms with Crippen LogP contribution in [0, 0.1) is 0 Å². The lowest BCUT2D eigenvalue weighted by Gasteiger charge is -2.36. The van der Waals surface area contributed by atoms with Gasteiger partial charge in [0.15, 0.2) is 10.8 Å². The number of nitrogens with two attached hydrogens (primary N) is 1. The summed E-state index contributed by atoms with van der Waals surface area (Å²) in [5.74, 6) is -2.42. The molecule has 6 N–H and O–H groups in total. The number of nitrogens with one attached hydrogen (secondary N) is 3. The van der Waals surface area contributed by atoms with Gasteiger partial charge in [0, 0.05) is 24.8 Å². The first-order valence-electron chi connectivity index (χ1n) is 9.71. The Hall–Kier alpha value is -3.26. The highest BCUT2D eigenvalue weighted by atomic mass is 32.1. The number of ether oxygens (including phenoxy) is 1. The minimum atomic E-state index is -1.49. The van der Waals surface area contributed by atoms with Gasteiger partial charge in [-0.1, -0.05) is 5.16 Å². The molecule has 2 heterocycles. The smallest absolute Gasteiger partial charge is 0.413 e. The third-order valence-corrected chi connectivity index (χ3v) is 5.29. The Morgan fingerprint density at radius 2 is 2.09 bits per heavy atom. The van der Waals surface area contributed by atoms with E-state index >= 15 is 0 Å². The first-order valence-corrected chi connectivity index (χ1v) is 10.6. The van der Waals surface area contributed by atoms with Crippen molar-refractivity contribution in [3.63, 3.8) is 0 Å². The van der Waals surface area contributed by atoms with Gasteiger partial charge in [0.05, 0.1) is 6.04 Å². The highest BCUT2D eigenvalue weighted by Gasteiger charge is 2.54. The molecule has 1 saturated carbocycles. The van der Waals surface area contributed by atoms with Gasteiger partial charge < -0.3 is 31.0 Å². The van der Waals surface area contributed by atoms with Gasteiger partial charge in [-0.3, -0.25) is 14.9 Å². The lowest BCUT2D eigenvalue weighted by molar-refractivity contribution is -0.153. The number of hydrogen-bond acceptors (Lipinski definition) is 10. The quantitative estimate of drug-likeness (QED) is 0.194. The summed E-state index contributed by atoms with van der Waals surface area (Å²) in [6.45, 7) is 5.22. The van der Waals surface area contributed by atoms with E-state index in [1.807, 2.05) is 0 Å². The summed E-state index contributed by atoms with van der Waals surface area (Å²) in [6.07, 6.45) is -0.259. The highest BCUT2D eigenvalue weighted by Crippen LogP contribution is 2.40. The summed E-state index contributed by atoms with van der Waals surface area (Å²) >= 11 is 0.994. The van der Waals surface area contributed by atoms with E-state index in [9.17, 15) is 24.3 Å². The van der Waals surface area contributed by atoms with E-state index in [0.29, 0.717) is 0 Å². The molecule has 174 valence electrons. The van der Waals surface area contributed by atoms with E-state index in [1.54, 1.807) is 20.8 Å². The Bertz CT molecular complexity index is 965. The molecular formula is C18H24N6O7S. The van der Waals surface area contributed by atoms with Crippen LogP contribution in [0.15, 0.2) is 10.5 Å². The minimum Gasteiger partial charge on any atom is -0.478 e. The zero-order valence-electron chi connectivity index (χ0n) is 17.6. The van der Waals surface area contributed by atoms with Crippen LogP contribution in [0.4, 0.5) is 9.93 Å². The first-order chi connectivity index (χ1) is 14.9. The average Bonchev–Trinajstić information content (AvgIpc) is 3.35. The predicted molar refractivity (Wildman–Crippen MR) is 112 cm³/mol. The van der Waals surface area contributed by atoms with Crippen molar-refractivity contribution in [3.8, 4) is 0 Å². The Kier molecular flexibility index (Phi) is 6.37. The second-order valence-electron chi connectivity index (χ2n) is 8.30. The molecule has 14 heteroatoms. The Balaban J connectivity index is 1.79. The molecule has 1 aromatic rings. The molecule has 0 bridgehead atoms. The number of oxime groups is 1. The summed E-state index contributed by atoms with van der Waals surface area (Å²) in [6, 6.07) is -1.31. The number of rotatable bonds is 8. The molecule has 2 aliphatic rings. The van der Waals surface area contributed by atoms with Crippen LogP contribution in [0.3, 0.4) is 0 Å². The lowest BCUT2D eigenvalue weighted by Crippen LogP contribution is -2.71. The zero-order valence-corrected chi connectivity index (χ0v) is 18.4. The molecule has 32 heavy (non-hydrogen) atoms. The van der Waals surface area contributed by atoms with E-state index in [2.05, 4.69) is 26.1 Å². The largest absolute Gasteiger partial charge is 0.478 e. The van der Waals surface area contributed by atoms with Crippen LogP contribution in [0.25, 0.3) is 0 Å². The van der Waals surface area contributed by atoms with E-state index in [4.69, 9.17) is 15.3 Å². The molecule has 1 saturated heterocycles. The molecule has 0 aromatic carbocycles. The fraction of sp³-hybridized carbons (Fsp3) is 0.556. The van der Waals surface area contributed by atoms with Crippen LogP contribution in [0.1, 0.15) is 39.3 Å². The summed E-state index contributed by atoms with van der Waals surface area (Å²) in [4.78, 5) is 57.2. The van der Waals surface area contributed by atoms with E-state index < -0.39 is 47.2 Å². The van der Waals surface area contributed by atoms with Gasteiger partial charge in [0.1, 0.15) is 17.3 Å². The first kappa shape index (κ1) is 23.4. The number of aromatic nitrogens is 1. The van der Waals surface area contributed by atoms with Crippen LogP contribution in [0.2, 0.25) is 0 Å². The van der Waals surface area contributed by atoms with Crippen molar-refractivity contribution in [1.29, 1.82) is 0 Å². The number of amides is 3. The molecule has 0 radical (unpaired) electrons. The maximum Gasteiger partial charge on any atom is 0.413 e. The van der Waals surface area contributed by atoms with Gasteiger partial charge in [-0.15, -0.1) is 11.3 Å². The zero-order chi connectivity index (χ0) is 23.7. The van der Waals surface area contributed by atoms with Crippen molar-refractivity contribution in [3.05, 3.63) is 11.1 Å². The van der Waals surface area contributed by atoms with E-state index in [1.165, 1.54) is 5.38 Å². The number of nitrogens with zero attached hydrogens (tertiary/aromatic N) is 2. The van der Waals surface area contributed by atoms with Gasteiger partial charge >= 0.3 is 12.1 Å². The average molecular weight is 468 g/mol. The van der Waals surface area contributed by atoms with Crippen LogP contribution in [0.5, 0.6) is 0 Å². The van der Waals surface area contributed by atoms with Crippen molar-refractivity contribution in [2.45, 2.75) is 56.9 Å². The second-order valence-corrected chi connectivity index (χ2v) is 9.16. The topological polar surface area (TPSA) is 194 Å². The van der Waals surface area contributed by atoms with Crippen molar-refractivity contribution >= 4 is 46.1 Å². The van der Waals surface area contributed by atoms with Gasteiger partial charge in [0.25, 0.3) is 5.91 Å². The molecule has 1 aliphatic carbocycles. The van der Waals surface area contributed by atoms with Crippen molar-refractivity contribution < 1.29 is 33.9 Å². The summed E-state index contributed by atoms with van der Waals surface area (Å²) in [5, 5.41) is 22.1. The Morgan fingerprint density at radius 3 is 2.62 bits per heavy atom. The lowest BCUT2D eigenvalue weighted by atomic mass is 9.99. The van der Waals surface area contributed by atoms with Crippen LogP contribution < -0.4 is 21.7 Å². The molecule has 0 unspecified atom stereocenters. The number of hydrogen-bond donors (Lipinski definition) is 5. The van der Waals surface area contributed by atoms with Gasteiger partial charge in [-0.05, 0) is 20.8 Å². The van der Waals surface area contributed by atoms with Gasteiger partial charge in [-0.2, -0.15) is 0 Å². The molecule has 0 spiro atoms. The van der Waals surface area contributed by atoms with Crippen molar-refractivity contribution in [1.82, 2.24) is 15.6 Å². The number of carbonyl (C=O) groups excluding carboxylic acids is 3. The van der Waals surface area contributed by atoms with Crippen LogP contribution in [-0.4, -0.2) is 69.5 Å². The van der Waals surface area contributed by atoms with Crippen molar-refractivity contribution in [2.24, 2.45) is 10.9 Å². The number of carboxylic acids is 1. The number of thiazole rings is 1. The molecule has 1 aliphatic heterocycles. The maximum atomic E-state index is 12.8. The minimum absolute atomic E-state index is 0.0174. The van der Waals surface area contributed by atoms with E-state index in [-0.39, 0.29) is 35.9 Å². The maximum absolute atomic E-state index is 12.8. The molecule has 13 nitrogen and oxygen atoms in total. The standard InChI is InChI=1S/C18H24N6O7S/c1-17(2,3)30-16(29)23-15-21-9(7-32-15)11(24-31-18(4-5-18)14(27)28)13(26)22-10-8(6-19)20-12(10)25/h7-8,10H,4-6,19H2,1-3H3,(H,20,25)(H,22,26)(H,27,28)(H,21,23,29)/b24-11-/t8-,10+/m1/s1. The molecule has 1 aromatic heterocycles. The number of β-lactam (4-membered cyclic amide) rings is 1. The fourth-order valence-corrected chi connectivity index (χ4v) is 3.32. The Labute approximate surface area is 186 Å². The van der Waals surface area contributed by atoms with E-state index in [0.717, 1.165) is 11.3 Å². The van der Waals surface area contributed by atoms with Gasteiger partial charge in [-0.25, -0.2) is 14.6 Å². The SMILES string of the molecule is CC(C)(C)OC(=O)Nc1nc(/C(=N/OC2(C(=O)O)CC2)C(=O)N[C@@H]2C(=O)N[C@@H]2CN)cs1. The van der Waals surface area contributed by atoms with Crippen molar-refractivity contribution in [2.75, 3.05) is 11.9 Å². The monoisotopic (exact) mass is 468 g/mol. The molecule has 3 amide bonds. The number of aliphatic carboxylic acids is 1. The normalized spacial score (nSPS) is 21.6. The fourth-order valence-electron chi connectivity index (χ4n) is 2.64. The number of carboxylic acid groups (broad SMARTS) is 1. The molecule has 2 atom stereocenters. The molecular weight excluding hydrogens is 444 g/mol. The Morgan fingerprint density at radius 1 is 1.41 bits per heavy atom. The number of carbonyl (C=O) groups is 4. The third kappa shape index (κ3) is 5.31. The number of anilines is 1. The van der Waals surface area contributed by atoms with Crippen LogP contribution >= 0.6 is 11.3 Å². The molecule has 2 fully saturated rings. The molecule has 3 rings (SSSR count).